The second-order valence-electron chi connectivity index (χ2n) is 7.76. The van der Waals surface area contributed by atoms with Crippen LogP contribution in [0.1, 0.15) is 53.4 Å². The van der Waals surface area contributed by atoms with E-state index < -0.39 is 5.97 Å². The van der Waals surface area contributed by atoms with Crippen LogP contribution >= 0.6 is 0 Å². The molecule has 1 N–H and O–H groups in total. The summed E-state index contributed by atoms with van der Waals surface area (Å²) in [4.78, 5) is 27.6. The van der Waals surface area contributed by atoms with E-state index in [9.17, 15) is 9.59 Å². The Morgan fingerprint density at radius 3 is 2.30 bits per heavy atom. The molecule has 0 bridgehead atoms. The van der Waals surface area contributed by atoms with Crippen LogP contribution in [0.2, 0.25) is 0 Å². The van der Waals surface area contributed by atoms with Gasteiger partial charge in [-0.25, -0.2) is 0 Å². The Kier molecular flexibility index (Phi) is 8.59. The van der Waals surface area contributed by atoms with Gasteiger partial charge in [-0.3, -0.25) is 14.5 Å². The van der Waals surface area contributed by atoms with E-state index in [1.165, 1.54) is 0 Å². The second kappa shape index (κ2) is 9.91. The van der Waals surface area contributed by atoms with Crippen molar-refractivity contribution >= 4 is 11.9 Å². The number of rotatable bonds is 9. The smallest absolute Gasteiger partial charge is 0.303 e. The van der Waals surface area contributed by atoms with Crippen molar-refractivity contribution < 1.29 is 14.7 Å². The van der Waals surface area contributed by atoms with Crippen LogP contribution < -0.4 is 0 Å². The van der Waals surface area contributed by atoms with Gasteiger partial charge in [-0.05, 0) is 43.6 Å². The third-order valence-corrected chi connectivity index (χ3v) is 4.25. The number of amides is 1. The van der Waals surface area contributed by atoms with Crippen molar-refractivity contribution in [2.45, 2.75) is 53.4 Å². The van der Waals surface area contributed by atoms with Crippen molar-refractivity contribution in [3.8, 4) is 0 Å². The molecular formula is C18H34N2O3. The normalized spacial score (nSPS) is 19.3. The summed E-state index contributed by atoms with van der Waals surface area (Å²) in [7, 11) is 0. The molecule has 0 spiro atoms. The highest BCUT2D eigenvalue weighted by Gasteiger charge is 2.24. The molecule has 0 aliphatic carbocycles. The molecule has 1 amide bonds. The minimum atomic E-state index is -0.724. The average molecular weight is 326 g/mol. The lowest BCUT2D eigenvalue weighted by molar-refractivity contribution is -0.138. The molecule has 1 aliphatic rings. The van der Waals surface area contributed by atoms with Gasteiger partial charge in [0.15, 0.2) is 0 Å². The van der Waals surface area contributed by atoms with Gasteiger partial charge in [0.1, 0.15) is 0 Å². The summed E-state index contributed by atoms with van der Waals surface area (Å²) >= 11 is 0. The van der Waals surface area contributed by atoms with Crippen LogP contribution in [0, 0.1) is 17.8 Å². The fraction of sp³-hybridized carbons (Fsp3) is 0.889. The third-order valence-electron chi connectivity index (χ3n) is 4.25. The predicted octanol–water partition coefficient (Wildman–Crippen LogP) is 2.70. The molecule has 23 heavy (non-hydrogen) atoms. The summed E-state index contributed by atoms with van der Waals surface area (Å²) in [6, 6.07) is 0. The highest BCUT2D eigenvalue weighted by molar-refractivity contribution is 5.78. The Morgan fingerprint density at radius 2 is 1.78 bits per heavy atom. The zero-order valence-electron chi connectivity index (χ0n) is 15.3. The van der Waals surface area contributed by atoms with Gasteiger partial charge in [0.05, 0.1) is 6.54 Å². The van der Waals surface area contributed by atoms with Gasteiger partial charge >= 0.3 is 5.97 Å². The van der Waals surface area contributed by atoms with Gasteiger partial charge in [0.2, 0.25) is 5.91 Å². The van der Waals surface area contributed by atoms with Crippen LogP contribution in [0.5, 0.6) is 0 Å². The molecule has 0 aromatic rings. The highest BCUT2D eigenvalue weighted by atomic mass is 16.4. The lowest BCUT2D eigenvalue weighted by atomic mass is 9.93. The molecule has 1 unspecified atom stereocenters. The molecule has 1 rings (SSSR count). The number of likely N-dealkylation sites (tertiary alicyclic amines) is 1. The van der Waals surface area contributed by atoms with Crippen LogP contribution in [0.4, 0.5) is 0 Å². The number of carbonyl (C=O) groups is 2. The molecule has 134 valence electrons. The summed E-state index contributed by atoms with van der Waals surface area (Å²) in [6.45, 7) is 12.5. The number of aliphatic carboxylic acids is 1. The summed E-state index contributed by atoms with van der Waals surface area (Å²) in [5, 5.41) is 8.82. The zero-order valence-corrected chi connectivity index (χ0v) is 15.3. The highest BCUT2D eigenvalue weighted by Crippen LogP contribution is 2.21. The van der Waals surface area contributed by atoms with Gasteiger partial charge in [-0.1, -0.05) is 27.7 Å². The van der Waals surface area contributed by atoms with Crippen LogP contribution in [-0.4, -0.2) is 59.5 Å². The molecule has 0 aromatic carbocycles. The SMILES string of the molecule is CC(C)CN(CC(C)C)C(=O)CN1CCCC(CCC(=O)O)C1. The van der Waals surface area contributed by atoms with Crippen molar-refractivity contribution in [1.82, 2.24) is 9.80 Å². The molecule has 5 nitrogen and oxygen atoms in total. The number of hydrogen-bond donors (Lipinski definition) is 1. The van der Waals surface area contributed by atoms with E-state index in [0.29, 0.717) is 24.3 Å². The number of hydrogen-bond acceptors (Lipinski definition) is 3. The van der Waals surface area contributed by atoms with Crippen molar-refractivity contribution in [1.29, 1.82) is 0 Å². The molecule has 5 heteroatoms. The summed E-state index contributed by atoms with van der Waals surface area (Å²) in [5.74, 6) is 0.852. The van der Waals surface area contributed by atoms with E-state index in [2.05, 4.69) is 32.6 Å². The quantitative estimate of drug-likeness (QED) is 0.708. The first-order chi connectivity index (χ1) is 10.8. The fourth-order valence-corrected chi connectivity index (χ4v) is 3.31. The molecule has 1 atom stereocenters. The first kappa shape index (κ1) is 19.9. The monoisotopic (exact) mass is 326 g/mol. The third kappa shape index (κ3) is 8.35. The number of nitrogens with zero attached hydrogens (tertiary/aromatic N) is 2. The Balaban J connectivity index is 2.50. The molecule has 0 saturated carbocycles. The topological polar surface area (TPSA) is 60.9 Å². The molecule has 1 heterocycles. The Bertz CT molecular complexity index is 372. The van der Waals surface area contributed by atoms with Gasteiger partial charge in [0.25, 0.3) is 0 Å². The lowest BCUT2D eigenvalue weighted by Gasteiger charge is -2.34. The van der Waals surface area contributed by atoms with Gasteiger partial charge < -0.3 is 10.0 Å². The number of carboxylic acids is 1. The van der Waals surface area contributed by atoms with Crippen LogP contribution in [0.25, 0.3) is 0 Å². The van der Waals surface area contributed by atoms with Crippen LogP contribution in [0.15, 0.2) is 0 Å². The maximum atomic E-state index is 12.6. The molecule has 1 fully saturated rings. The molecule has 1 saturated heterocycles. The van der Waals surface area contributed by atoms with Crippen molar-refractivity contribution in [3.05, 3.63) is 0 Å². The number of carboxylic acid groups (broad SMARTS) is 1. The summed E-state index contributed by atoms with van der Waals surface area (Å²) in [6.07, 6.45) is 3.10. The van der Waals surface area contributed by atoms with Gasteiger partial charge in [-0.2, -0.15) is 0 Å². The Morgan fingerprint density at radius 1 is 1.17 bits per heavy atom. The van der Waals surface area contributed by atoms with E-state index in [-0.39, 0.29) is 12.3 Å². The average Bonchev–Trinajstić information content (AvgIpc) is 2.43. The summed E-state index contributed by atoms with van der Waals surface area (Å²) < 4.78 is 0. The van der Waals surface area contributed by atoms with Gasteiger partial charge in [-0.15, -0.1) is 0 Å². The van der Waals surface area contributed by atoms with Crippen LogP contribution in [0.3, 0.4) is 0 Å². The Hall–Kier alpha value is -1.10. The maximum Gasteiger partial charge on any atom is 0.303 e. The zero-order chi connectivity index (χ0) is 17.4. The van der Waals surface area contributed by atoms with E-state index in [4.69, 9.17) is 5.11 Å². The van der Waals surface area contributed by atoms with E-state index >= 15 is 0 Å². The van der Waals surface area contributed by atoms with E-state index in [0.717, 1.165) is 45.4 Å². The number of piperidine rings is 1. The number of carbonyl (C=O) groups excluding carboxylic acids is 1. The maximum absolute atomic E-state index is 12.6. The van der Waals surface area contributed by atoms with Crippen molar-refractivity contribution in [3.63, 3.8) is 0 Å². The largest absolute Gasteiger partial charge is 0.481 e. The van der Waals surface area contributed by atoms with E-state index in [1.807, 2.05) is 4.90 Å². The van der Waals surface area contributed by atoms with Gasteiger partial charge in [0, 0.05) is 26.1 Å². The van der Waals surface area contributed by atoms with Crippen molar-refractivity contribution in [2.24, 2.45) is 17.8 Å². The fourth-order valence-electron chi connectivity index (χ4n) is 3.31. The van der Waals surface area contributed by atoms with Crippen molar-refractivity contribution in [2.75, 3.05) is 32.7 Å². The first-order valence-corrected chi connectivity index (χ1v) is 8.99. The standard InChI is InChI=1S/C18H34N2O3/c1-14(2)10-20(11-15(3)4)17(21)13-19-9-5-6-16(12-19)7-8-18(22)23/h14-16H,5-13H2,1-4H3,(H,22,23). The molecule has 1 aliphatic heterocycles. The summed E-state index contributed by atoms with van der Waals surface area (Å²) in [5.41, 5.74) is 0. The molecule has 0 aromatic heterocycles. The van der Waals surface area contributed by atoms with E-state index in [1.54, 1.807) is 0 Å². The first-order valence-electron chi connectivity index (χ1n) is 8.99. The Labute approximate surface area is 141 Å². The van der Waals surface area contributed by atoms with Crippen LogP contribution in [-0.2, 0) is 9.59 Å². The second-order valence-corrected chi connectivity index (χ2v) is 7.76. The lowest BCUT2D eigenvalue weighted by Crippen LogP contribution is -2.46. The minimum absolute atomic E-state index is 0.214. The predicted molar refractivity (Wildman–Crippen MR) is 92.3 cm³/mol. The molecular weight excluding hydrogens is 292 g/mol. The minimum Gasteiger partial charge on any atom is -0.481 e. The molecule has 0 radical (unpaired) electrons.